The van der Waals surface area contributed by atoms with Crippen LogP contribution in [-0.4, -0.2) is 20.1 Å². The van der Waals surface area contributed by atoms with Crippen molar-refractivity contribution in [3.63, 3.8) is 0 Å². The minimum atomic E-state index is -0.328. The first-order valence-electron chi connectivity index (χ1n) is 6.14. The molecule has 2 aromatic carbocycles. The lowest BCUT2D eigenvalue weighted by Crippen LogP contribution is -2.14. The monoisotopic (exact) mass is 350 g/mol. The summed E-state index contributed by atoms with van der Waals surface area (Å²) in [5.41, 5.74) is 7.27. The largest absolute Gasteiger partial charge is 0.496 e. The zero-order valence-corrected chi connectivity index (χ0v) is 13.2. The number of carbonyl (C=O) groups excluding carboxylic acids is 1. The number of benzene rings is 2. The number of amides is 1. The number of nitrogen functional groups attached to an aromatic ring is 1. The molecular weight excluding hydrogens is 336 g/mol. The molecule has 0 saturated heterocycles. The van der Waals surface area contributed by atoms with Crippen LogP contribution in [0, 0.1) is 0 Å². The summed E-state index contributed by atoms with van der Waals surface area (Å²) in [5.74, 6) is 0.555. The molecule has 5 nitrogen and oxygen atoms in total. The van der Waals surface area contributed by atoms with Crippen LogP contribution < -0.4 is 20.5 Å². The molecule has 0 atom stereocenters. The molecule has 0 saturated carbocycles. The molecule has 0 aliphatic heterocycles. The molecule has 0 aliphatic carbocycles. The van der Waals surface area contributed by atoms with Gasteiger partial charge in [-0.2, -0.15) is 0 Å². The first-order chi connectivity index (χ1) is 10.1. The van der Waals surface area contributed by atoms with Gasteiger partial charge in [0.2, 0.25) is 0 Å². The highest BCUT2D eigenvalue weighted by Gasteiger charge is 2.18. The van der Waals surface area contributed by atoms with Gasteiger partial charge in [-0.25, -0.2) is 0 Å². The second-order valence-corrected chi connectivity index (χ2v) is 5.08. The molecule has 2 aromatic rings. The molecular formula is C15H15BrN2O3. The number of hydrogen-bond acceptors (Lipinski definition) is 4. The number of anilines is 2. The highest BCUT2D eigenvalue weighted by molar-refractivity contribution is 9.10. The Morgan fingerprint density at radius 3 is 2.29 bits per heavy atom. The van der Waals surface area contributed by atoms with Gasteiger partial charge in [0, 0.05) is 15.8 Å². The maximum atomic E-state index is 12.4. The van der Waals surface area contributed by atoms with Crippen LogP contribution in [0.2, 0.25) is 0 Å². The van der Waals surface area contributed by atoms with Crippen molar-refractivity contribution < 1.29 is 14.3 Å². The minimum absolute atomic E-state index is 0.328. The molecule has 1 amide bonds. The summed E-state index contributed by atoms with van der Waals surface area (Å²) in [6, 6.07) is 10.3. The van der Waals surface area contributed by atoms with Crippen molar-refractivity contribution in [2.45, 2.75) is 0 Å². The van der Waals surface area contributed by atoms with Crippen LogP contribution in [0.3, 0.4) is 0 Å². The molecule has 2 rings (SSSR count). The highest BCUT2D eigenvalue weighted by Crippen LogP contribution is 2.30. The lowest BCUT2D eigenvalue weighted by Gasteiger charge is -2.13. The van der Waals surface area contributed by atoms with E-state index in [0.717, 1.165) is 4.47 Å². The number of ether oxygens (including phenoxy) is 2. The highest BCUT2D eigenvalue weighted by atomic mass is 79.9. The van der Waals surface area contributed by atoms with Gasteiger partial charge in [-0.1, -0.05) is 6.07 Å². The summed E-state index contributed by atoms with van der Waals surface area (Å²) in [6.07, 6.45) is 0. The van der Waals surface area contributed by atoms with Gasteiger partial charge in [0.15, 0.2) is 0 Å². The maximum Gasteiger partial charge on any atom is 0.263 e. The van der Waals surface area contributed by atoms with Crippen molar-refractivity contribution in [1.82, 2.24) is 0 Å². The van der Waals surface area contributed by atoms with Crippen molar-refractivity contribution in [2.75, 3.05) is 25.3 Å². The van der Waals surface area contributed by atoms with Crippen LogP contribution >= 0.6 is 15.9 Å². The van der Waals surface area contributed by atoms with Crippen LogP contribution in [-0.2, 0) is 0 Å². The number of hydrogen-bond donors (Lipinski definition) is 2. The number of nitrogens with one attached hydrogen (secondary N) is 1. The summed E-state index contributed by atoms with van der Waals surface area (Å²) in [6.45, 7) is 0. The van der Waals surface area contributed by atoms with Crippen molar-refractivity contribution in [3.05, 3.63) is 46.4 Å². The van der Waals surface area contributed by atoms with E-state index >= 15 is 0 Å². The fraction of sp³-hybridized carbons (Fsp3) is 0.133. The number of carbonyl (C=O) groups is 1. The van der Waals surface area contributed by atoms with Crippen molar-refractivity contribution in [2.24, 2.45) is 0 Å². The van der Waals surface area contributed by atoms with E-state index in [2.05, 4.69) is 21.2 Å². The third kappa shape index (κ3) is 3.28. The fourth-order valence-electron chi connectivity index (χ4n) is 1.89. The van der Waals surface area contributed by atoms with E-state index in [1.807, 2.05) is 0 Å². The predicted octanol–water partition coefficient (Wildman–Crippen LogP) is 3.30. The van der Waals surface area contributed by atoms with Gasteiger partial charge in [0.05, 0.1) is 14.2 Å². The standard InChI is InChI=1S/C15H15BrN2O3/c1-20-12-4-3-5-13(21-2)14(12)15(19)18-9-6-7-10(16)11(17)8-9/h3-8H,17H2,1-2H3,(H,18,19). The van der Waals surface area contributed by atoms with Crippen LogP contribution in [0.5, 0.6) is 11.5 Å². The summed E-state index contributed by atoms with van der Waals surface area (Å²) in [4.78, 5) is 12.4. The van der Waals surface area contributed by atoms with Gasteiger partial charge in [-0.05, 0) is 46.3 Å². The normalized spacial score (nSPS) is 10.0. The van der Waals surface area contributed by atoms with Gasteiger partial charge < -0.3 is 20.5 Å². The van der Waals surface area contributed by atoms with Crippen LogP contribution in [0.25, 0.3) is 0 Å². The van der Waals surface area contributed by atoms with E-state index < -0.39 is 0 Å². The van der Waals surface area contributed by atoms with Crippen molar-refractivity contribution >= 4 is 33.2 Å². The smallest absolute Gasteiger partial charge is 0.263 e. The van der Waals surface area contributed by atoms with Crippen molar-refractivity contribution in [1.29, 1.82) is 0 Å². The van der Waals surface area contributed by atoms with Gasteiger partial charge in [0.1, 0.15) is 17.1 Å². The molecule has 21 heavy (non-hydrogen) atoms. The Balaban J connectivity index is 2.34. The Morgan fingerprint density at radius 2 is 1.76 bits per heavy atom. The number of rotatable bonds is 4. The molecule has 0 fully saturated rings. The van der Waals surface area contributed by atoms with E-state index in [0.29, 0.717) is 28.4 Å². The number of halogens is 1. The van der Waals surface area contributed by atoms with Crippen LogP contribution in [0.4, 0.5) is 11.4 Å². The average molecular weight is 351 g/mol. The van der Waals surface area contributed by atoms with Gasteiger partial charge in [-0.15, -0.1) is 0 Å². The molecule has 0 bridgehead atoms. The molecule has 0 spiro atoms. The summed E-state index contributed by atoms with van der Waals surface area (Å²) >= 11 is 3.31. The van der Waals surface area contributed by atoms with E-state index in [9.17, 15) is 4.79 Å². The maximum absolute atomic E-state index is 12.4. The second kappa shape index (κ2) is 6.49. The molecule has 0 radical (unpaired) electrons. The SMILES string of the molecule is COc1cccc(OC)c1C(=O)Nc1ccc(Br)c(N)c1. The molecule has 0 unspecified atom stereocenters. The molecule has 0 aliphatic rings. The first kappa shape index (κ1) is 15.2. The average Bonchev–Trinajstić information content (AvgIpc) is 2.49. The second-order valence-electron chi connectivity index (χ2n) is 4.23. The Hall–Kier alpha value is -2.21. The Labute approximate surface area is 131 Å². The zero-order chi connectivity index (χ0) is 15.4. The Bertz CT molecular complexity index is 652. The van der Waals surface area contributed by atoms with Gasteiger partial charge in [0.25, 0.3) is 5.91 Å². The molecule has 3 N–H and O–H groups in total. The zero-order valence-electron chi connectivity index (χ0n) is 11.6. The molecule has 110 valence electrons. The third-order valence-electron chi connectivity index (χ3n) is 2.91. The van der Waals surface area contributed by atoms with E-state index in [-0.39, 0.29) is 5.91 Å². The lowest BCUT2D eigenvalue weighted by atomic mass is 10.1. The van der Waals surface area contributed by atoms with E-state index in [1.165, 1.54) is 14.2 Å². The van der Waals surface area contributed by atoms with Crippen LogP contribution in [0.15, 0.2) is 40.9 Å². The topological polar surface area (TPSA) is 73.6 Å². The molecule has 6 heteroatoms. The molecule has 0 heterocycles. The lowest BCUT2D eigenvalue weighted by molar-refractivity contribution is 0.102. The van der Waals surface area contributed by atoms with E-state index in [1.54, 1.807) is 36.4 Å². The predicted molar refractivity (Wildman–Crippen MR) is 86.1 cm³/mol. The fourth-order valence-corrected chi connectivity index (χ4v) is 2.14. The van der Waals surface area contributed by atoms with Crippen LogP contribution in [0.1, 0.15) is 10.4 Å². The summed E-state index contributed by atoms with van der Waals surface area (Å²) in [7, 11) is 3.01. The number of nitrogens with two attached hydrogens (primary N) is 1. The van der Waals surface area contributed by atoms with Gasteiger partial charge in [-0.3, -0.25) is 4.79 Å². The Morgan fingerprint density at radius 1 is 1.14 bits per heavy atom. The van der Waals surface area contributed by atoms with Gasteiger partial charge >= 0.3 is 0 Å². The summed E-state index contributed by atoms with van der Waals surface area (Å²) < 4.78 is 11.2. The first-order valence-corrected chi connectivity index (χ1v) is 6.93. The van der Waals surface area contributed by atoms with Crippen molar-refractivity contribution in [3.8, 4) is 11.5 Å². The summed E-state index contributed by atoms with van der Waals surface area (Å²) in [5, 5.41) is 2.78. The Kier molecular flexibility index (Phi) is 4.70. The molecule has 0 aromatic heterocycles. The minimum Gasteiger partial charge on any atom is -0.496 e. The quantitative estimate of drug-likeness (QED) is 0.829. The number of methoxy groups -OCH3 is 2. The van der Waals surface area contributed by atoms with E-state index in [4.69, 9.17) is 15.2 Å². The third-order valence-corrected chi connectivity index (χ3v) is 3.63.